The van der Waals surface area contributed by atoms with Crippen LogP contribution in [0.15, 0.2) is 4.13 Å². The summed E-state index contributed by atoms with van der Waals surface area (Å²) in [4.78, 5) is 0. The topological polar surface area (TPSA) is 29.4 Å². The summed E-state index contributed by atoms with van der Waals surface area (Å²) < 4.78 is 12.7. The third-order valence-corrected chi connectivity index (χ3v) is 1.16. The van der Waals surface area contributed by atoms with Crippen LogP contribution in [0.5, 0.6) is 0 Å². The van der Waals surface area contributed by atoms with Crippen LogP contribution in [0, 0.1) is 0 Å². The van der Waals surface area contributed by atoms with Crippen LogP contribution in [0.1, 0.15) is 0 Å². The van der Waals surface area contributed by atoms with Gasteiger partial charge in [0.05, 0.1) is 0 Å². The van der Waals surface area contributed by atoms with Crippen molar-refractivity contribution < 1.29 is 4.57 Å². The number of hydrogen-bond donors (Lipinski definition) is 0. The maximum absolute atomic E-state index is 9.73. The van der Waals surface area contributed by atoms with Crippen LogP contribution in [0.4, 0.5) is 0 Å². The smallest absolute Gasteiger partial charge is 0.188 e. The van der Waals surface area contributed by atoms with E-state index in [2.05, 4.69) is 16.6 Å². The molecule has 0 radical (unpaired) electrons. The highest BCUT2D eigenvalue weighted by Crippen LogP contribution is 2.11. The number of rotatable bonds is 1. The van der Waals surface area contributed by atoms with Gasteiger partial charge in [-0.15, -0.1) is 0 Å². The van der Waals surface area contributed by atoms with Gasteiger partial charge in [-0.05, 0) is 0 Å². The van der Waals surface area contributed by atoms with Crippen LogP contribution < -0.4 is 0 Å². The molecule has 0 aromatic rings. The molecule has 0 N–H and O–H groups in total. The molecule has 5 heavy (non-hydrogen) atoms. The molecule has 1 atom stereocenters. The second-order valence-corrected chi connectivity index (χ2v) is 2.38. The molecule has 0 aliphatic carbocycles. The zero-order valence-electron chi connectivity index (χ0n) is 2.76. The van der Waals surface area contributed by atoms with E-state index in [0.717, 1.165) is 0 Å². The van der Waals surface area contributed by atoms with Crippen LogP contribution in [-0.2, 0) is 17.0 Å². The molecule has 0 spiro atoms. The summed E-state index contributed by atoms with van der Waals surface area (Å²) in [6.07, 6.45) is 0. The van der Waals surface area contributed by atoms with E-state index in [1.165, 1.54) is 6.66 Å². The molecule has 0 bridgehead atoms. The van der Waals surface area contributed by atoms with Crippen molar-refractivity contribution in [3.8, 4) is 0 Å². The zero-order chi connectivity index (χ0) is 4.28. The lowest BCUT2D eigenvalue weighted by molar-refractivity contribution is 0.592. The summed E-state index contributed by atoms with van der Waals surface area (Å²) in [7, 11) is -1.68. The first-order valence-corrected chi connectivity index (χ1v) is 3.33. The first kappa shape index (κ1) is 5.25. The minimum atomic E-state index is -1.68. The average molecular weight is 109 g/mol. The van der Waals surface area contributed by atoms with E-state index in [9.17, 15) is 4.57 Å². The molecule has 0 amide bonds. The lowest BCUT2D eigenvalue weighted by Gasteiger charge is -1.64. The molecule has 1 unspecified atom stereocenters. The molecule has 4 heteroatoms. The van der Waals surface area contributed by atoms with Crippen molar-refractivity contribution in [2.45, 2.75) is 0 Å². The predicted octanol–water partition coefficient (Wildman–Crippen LogP) is 0.821. The van der Waals surface area contributed by atoms with Gasteiger partial charge in [0.15, 0.2) is 7.95 Å². The van der Waals surface area contributed by atoms with Crippen LogP contribution in [0.2, 0.25) is 0 Å². The van der Waals surface area contributed by atoms with E-state index < -0.39 is 7.95 Å². The van der Waals surface area contributed by atoms with Crippen molar-refractivity contribution in [1.82, 2.24) is 0 Å². The molecule has 0 aromatic heterocycles. The fourth-order valence-corrected chi connectivity index (χ4v) is 0. The van der Waals surface area contributed by atoms with Gasteiger partial charge in [0.2, 0.25) is 0 Å². The Morgan fingerprint density at radius 1 is 2.00 bits per heavy atom. The van der Waals surface area contributed by atoms with Gasteiger partial charge in [-0.3, -0.25) is 0 Å². The van der Waals surface area contributed by atoms with Crippen molar-refractivity contribution in [3.05, 3.63) is 0 Å². The van der Waals surface area contributed by atoms with Crippen LogP contribution in [0.3, 0.4) is 0 Å². The molecule has 0 heterocycles. The summed E-state index contributed by atoms with van der Waals surface area (Å²) in [6.45, 7) is 1.50. The van der Waals surface area contributed by atoms with Gasteiger partial charge < -0.3 is 4.57 Å². The number of hydrogen-bond acceptors (Lipinski definition) is 2. The van der Waals surface area contributed by atoms with Crippen LogP contribution in [0.25, 0.3) is 0 Å². The summed E-state index contributed by atoms with van der Waals surface area (Å²) in [5, 5.41) is 0. The minimum absolute atomic E-state index is 1.50. The van der Waals surface area contributed by atoms with Crippen molar-refractivity contribution in [2.24, 2.45) is 4.13 Å². The molecule has 0 aromatic carbocycles. The lowest BCUT2D eigenvalue weighted by Crippen LogP contribution is -1.33. The molecule has 0 aliphatic rings. The van der Waals surface area contributed by atoms with E-state index in [-0.39, 0.29) is 0 Å². The van der Waals surface area contributed by atoms with Gasteiger partial charge in [0, 0.05) is 19.1 Å². The largest absolute Gasteiger partial charge is 0.301 e. The van der Waals surface area contributed by atoms with E-state index in [1.807, 2.05) is 0 Å². The maximum Gasteiger partial charge on any atom is 0.188 e. The molecule has 2 nitrogen and oxygen atoms in total. The van der Waals surface area contributed by atoms with Gasteiger partial charge in [-0.1, -0.05) is 0 Å². The Hall–Kier alpha value is 0.250. The van der Waals surface area contributed by atoms with E-state index >= 15 is 0 Å². The third kappa shape index (κ3) is 4.25. The molecule has 0 saturated heterocycles. The Morgan fingerprint density at radius 3 is 2.20 bits per heavy atom. The third-order valence-electron chi connectivity index (χ3n) is 0.129. The number of nitrogens with zero attached hydrogens (tertiary/aromatic N) is 1. The van der Waals surface area contributed by atoms with Crippen molar-refractivity contribution in [2.75, 3.05) is 6.66 Å². The van der Waals surface area contributed by atoms with Crippen LogP contribution >= 0.6 is 7.95 Å². The summed E-state index contributed by atoms with van der Waals surface area (Å²) >= 11 is 4.03. The van der Waals surface area contributed by atoms with Crippen molar-refractivity contribution in [3.63, 3.8) is 0 Å². The highest BCUT2D eigenvalue weighted by atomic mass is 32.1. The Morgan fingerprint density at radius 2 is 2.20 bits per heavy atom. The van der Waals surface area contributed by atoms with Crippen molar-refractivity contribution >= 4 is 20.4 Å². The summed E-state index contributed by atoms with van der Waals surface area (Å²) in [5.41, 5.74) is 0. The van der Waals surface area contributed by atoms with Gasteiger partial charge in [0.25, 0.3) is 0 Å². The lowest BCUT2D eigenvalue weighted by atomic mass is 12.0. The van der Waals surface area contributed by atoms with E-state index in [0.29, 0.717) is 0 Å². The Bertz CT molecular complexity index is 62.7. The molecular weight excluding hydrogens is 105 g/mol. The molecular formula is CH4NOPS. The van der Waals surface area contributed by atoms with Gasteiger partial charge in [0.1, 0.15) is 0 Å². The van der Waals surface area contributed by atoms with Crippen LogP contribution in [-0.4, -0.2) is 6.66 Å². The fourth-order valence-electron chi connectivity index (χ4n) is 0. The summed E-state index contributed by atoms with van der Waals surface area (Å²) in [5.74, 6) is 0. The molecule has 30 valence electrons. The zero-order valence-corrected chi connectivity index (χ0v) is 4.58. The van der Waals surface area contributed by atoms with Gasteiger partial charge >= 0.3 is 0 Å². The normalized spacial score (nSPS) is 13.8. The SMILES string of the molecule is C[PH](=O)N=S. The van der Waals surface area contributed by atoms with Crippen molar-refractivity contribution in [1.29, 1.82) is 0 Å². The second kappa shape index (κ2) is 2.49. The monoisotopic (exact) mass is 109 g/mol. The van der Waals surface area contributed by atoms with Gasteiger partial charge in [-0.2, -0.15) is 4.13 Å². The first-order chi connectivity index (χ1) is 2.27. The maximum atomic E-state index is 9.73. The fraction of sp³-hybridized carbons (Fsp3) is 1.00. The Kier molecular flexibility index (Phi) is 2.61. The molecule has 0 rings (SSSR count). The Balaban J connectivity index is 3.20. The quantitative estimate of drug-likeness (QED) is 0.466. The molecule has 0 saturated carbocycles. The molecule has 0 fully saturated rings. The predicted molar refractivity (Wildman–Crippen MR) is 24.7 cm³/mol. The van der Waals surface area contributed by atoms with Gasteiger partial charge in [-0.25, -0.2) is 0 Å². The van der Waals surface area contributed by atoms with E-state index in [4.69, 9.17) is 0 Å². The highest BCUT2D eigenvalue weighted by molar-refractivity contribution is 7.57. The first-order valence-electron chi connectivity index (χ1n) is 1.11. The van der Waals surface area contributed by atoms with E-state index in [1.54, 1.807) is 0 Å². The average Bonchev–Trinajstić information content (AvgIpc) is 1.38. The Labute approximate surface area is 36.6 Å². The highest BCUT2D eigenvalue weighted by Gasteiger charge is 1.69. The second-order valence-electron chi connectivity index (χ2n) is 0.610. The summed E-state index contributed by atoms with van der Waals surface area (Å²) in [6, 6.07) is 0. The minimum Gasteiger partial charge on any atom is -0.301 e. The standard InChI is InChI=1S/CH4NOPS/c1-4(3)2-5/h4H,1H3. The molecule has 0 aliphatic heterocycles.